The quantitative estimate of drug-likeness (QED) is 0.263. The number of hydrogen-bond donors (Lipinski definition) is 3. The zero-order valence-electron chi connectivity index (χ0n) is 18.8. The van der Waals surface area contributed by atoms with Crippen LogP contribution in [-0.4, -0.2) is 32.0 Å². The van der Waals surface area contributed by atoms with E-state index in [1.54, 1.807) is 18.6 Å². The van der Waals surface area contributed by atoms with Crippen LogP contribution in [0.4, 0.5) is 8.78 Å². The van der Waals surface area contributed by atoms with Crippen LogP contribution >= 0.6 is 0 Å². The molecule has 1 unspecified atom stereocenters. The number of amides is 2. The molecule has 0 fully saturated rings. The molecular formula is C25H23F2N5O3. The maximum atomic E-state index is 13.5. The molecule has 4 aromatic rings. The van der Waals surface area contributed by atoms with Crippen molar-refractivity contribution in [1.82, 2.24) is 25.8 Å². The summed E-state index contributed by atoms with van der Waals surface area (Å²) in [4.78, 5) is 24.4. The van der Waals surface area contributed by atoms with Gasteiger partial charge in [-0.25, -0.2) is 18.9 Å². The summed E-state index contributed by atoms with van der Waals surface area (Å²) in [5.41, 5.74) is 3.00. The second-order valence-electron chi connectivity index (χ2n) is 8.23. The Hall–Kier alpha value is -4.18. The molecule has 3 N–H and O–H groups in total. The first kappa shape index (κ1) is 24.0. The van der Waals surface area contributed by atoms with E-state index in [4.69, 9.17) is 5.21 Å². The molecule has 1 heterocycles. The summed E-state index contributed by atoms with van der Waals surface area (Å²) in [6.07, 6.45) is 1.99. The van der Waals surface area contributed by atoms with Gasteiger partial charge < -0.3 is 5.32 Å². The number of aromatic nitrogens is 3. The lowest BCUT2D eigenvalue weighted by molar-refractivity contribution is -0.130. The number of carbonyl (C=O) groups is 2. The Morgan fingerprint density at radius 2 is 1.80 bits per heavy atom. The highest BCUT2D eigenvalue weighted by Gasteiger charge is 2.21. The van der Waals surface area contributed by atoms with Crippen molar-refractivity contribution in [2.75, 3.05) is 0 Å². The maximum absolute atomic E-state index is 13.5. The third-order valence-corrected chi connectivity index (χ3v) is 5.71. The molecule has 0 radical (unpaired) electrons. The van der Waals surface area contributed by atoms with Crippen molar-refractivity contribution in [3.63, 3.8) is 0 Å². The van der Waals surface area contributed by atoms with E-state index in [0.717, 1.165) is 28.5 Å². The van der Waals surface area contributed by atoms with Gasteiger partial charge in [0, 0.05) is 5.56 Å². The number of nitrogens with one attached hydrogen (secondary N) is 2. The Labute approximate surface area is 199 Å². The molecule has 35 heavy (non-hydrogen) atoms. The fourth-order valence-electron chi connectivity index (χ4n) is 3.82. The molecule has 10 heteroatoms. The van der Waals surface area contributed by atoms with Crippen LogP contribution in [0, 0.1) is 11.6 Å². The van der Waals surface area contributed by atoms with Crippen LogP contribution in [0.15, 0.2) is 66.9 Å². The third-order valence-electron chi connectivity index (χ3n) is 5.71. The molecule has 0 aliphatic heterocycles. The number of hydroxylamine groups is 1. The lowest BCUT2D eigenvalue weighted by Crippen LogP contribution is -2.27. The summed E-state index contributed by atoms with van der Waals surface area (Å²) in [6.45, 7) is 1.67. The van der Waals surface area contributed by atoms with Crippen molar-refractivity contribution >= 4 is 22.6 Å². The Kier molecular flexibility index (Phi) is 7.11. The Morgan fingerprint density at radius 3 is 2.54 bits per heavy atom. The molecule has 8 nitrogen and oxygen atoms in total. The van der Waals surface area contributed by atoms with Crippen molar-refractivity contribution in [2.24, 2.45) is 0 Å². The van der Waals surface area contributed by atoms with Gasteiger partial charge in [0.1, 0.15) is 5.69 Å². The molecule has 180 valence electrons. The molecule has 0 spiro atoms. The van der Waals surface area contributed by atoms with Crippen molar-refractivity contribution in [3.8, 4) is 0 Å². The number of halogens is 2. The van der Waals surface area contributed by atoms with Crippen molar-refractivity contribution in [3.05, 3.63) is 95.3 Å². The molecular weight excluding hydrogens is 456 g/mol. The molecule has 0 saturated carbocycles. The van der Waals surface area contributed by atoms with Crippen LogP contribution in [0.2, 0.25) is 0 Å². The molecule has 0 bridgehead atoms. The fraction of sp³-hybridized carbons (Fsp3) is 0.200. The number of fused-ring (bicyclic) bond motifs is 1. The minimum absolute atomic E-state index is 0.0306. The van der Waals surface area contributed by atoms with Gasteiger partial charge in [-0.15, -0.1) is 5.10 Å². The van der Waals surface area contributed by atoms with E-state index in [1.165, 1.54) is 10.7 Å². The Balaban J connectivity index is 1.52. The normalized spacial score (nSPS) is 12.8. The average molecular weight is 479 g/mol. The van der Waals surface area contributed by atoms with Gasteiger partial charge in [-0.05, 0) is 47.9 Å². The van der Waals surface area contributed by atoms with Crippen LogP contribution in [0.3, 0.4) is 0 Å². The lowest BCUT2D eigenvalue weighted by atomic mass is 10.00. The SMILES string of the molecule is C[C@@H](NC(=O)c1ccc(F)c(F)c1)c1cn(C(CC(=O)NO)Cc2ccc3ccccc3c2)nn1. The average Bonchev–Trinajstić information content (AvgIpc) is 3.35. The second-order valence-corrected chi connectivity index (χ2v) is 8.23. The summed E-state index contributed by atoms with van der Waals surface area (Å²) in [5, 5.41) is 22.1. The third kappa shape index (κ3) is 5.67. The molecule has 2 atom stereocenters. The highest BCUT2D eigenvalue weighted by atomic mass is 19.2. The molecule has 0 saturated heterocycles. The molecule has 0 aliphatic rings. The highest BCUT2D eigenvalue weighted by molar-refractivity contribution is 5.94. The van der Waals surface area contributed by atoms with Crippen LogP contribution in [0.25, 0.3) is 10.8 Å². The molecule has 4 rings (SSSR count). The minimum Gasteiger partial charge on any atom is -0.344 e. The predicted octanol–water partition coefficient (Wildman–Crippen LogP) is 3.88. The smallest absolute Gasteiger partial charge is 0.251 e. The number of carbonyl (C=O) groups excluding carboxylic acids is 2. The van der Waals surface area contributed by atoms with Gasteiger partial charge in [0.05, 0.1) is 24.7 Å². The van der Waals surface area contributed by atoms with Crippen molar-refractivity contribution in [1.29, 1.82) is 0 Å². The van der Waals surface area contributed by atoms with Crippen molar-refractivity contribution in [2.45, 2.75) is 31.8 Å². The van der Waals surface area contributed by atoms with E-state index >= 15 is 0 Å². The number of nitrogens with zero attached hydrogens (tertiary/aromatic N) is 3. The van der Waals surface area contributed by atoms with E-state index in [1.807, 2.05) is 42.5 Å². The van der Waals surface area contributed by atoms with E-state index in [-0.39, 0.29) is 12.0 Å². The zero-order valence-corrected chi connectivity index (χ0v) is 18.8. The summed E-state index contributed by atoms with van der Waals surface area (Å²) in [7, 11) is 0. The predicted molar refractivity (Wildman–Crippen MR) is 123 cm³/mol. The summed E-state index contributed by atoms with van der Waals surface area (Å²) in [5.74, 6) is -3.33. The van der Waals surface area contributed by atoms with E-state index in [9.17, 15) is 18.4 Å². The number of hydrogen-bond acceptors (Lipinski definition) is 5. The Bertz CT molecular complexity index is 1370. The van der Waals surface area contributed by atoms with Gasteiger partial charge in [-0.3, -0.25) is 14.8 Å². The van der Waals surface area contributed by atoms with Gasteiger partial charge in [0.15, 0.2) is 11.6 Å². The first-order valence-electron chi connectivity index (χ1n) is 10.9. The first-order valence-corrected chi connectivity index (χ1v) is 10.9. The topological polar surface area (TPSA) is 109 Å². The van der Waals surface area contributed by atoms with Crippen LogP contribution in [-0.2, 0) is 11.2 Å². The van der Waals surface area contributed by atoms with Gasteiger partial charge in [-0.2, -0.15) is 0 Å². The summed E-state index contributed by atoms with van der Waals surface area (Å²) >= 11 is 0. The molecule has 1 aromatic heterocycles. The monoisotopic (exact) mass is 479 g/mol. The molecule has 3 aromatic carbocycles. The van der Waals surface area contributed by atoms with Gasteiger partial charge >= 0.3 is 0 Å². The van der Waals surface area contributed by atoms with E-state index < -0.39 is 35.5 Å². The fourth-order valence-corrected chi connectivity index (χ4v) is 3.82. The van der Waals surface area contributed by atoms with Gasteiger partial charge in [-0.1, -0.05) is 47.7 Å². The van der Waals surface area contributed by atoms with Crippen LogP contribution < -0.4 is 10.8 Å². The molecule has 0 aliphatic carbocycles. The highest BCUT2D eigenvalue weighted by Crippen LogP contribution is 2.23. The lowest BCUT2D eigenvalue weighted by Gasteiger charge is -2.17. The van der Waals surface area contributed by atoms with Gasteiger partial charge in [0.2, 0.25) is 5.91 Å². The van der Waals surface area contributed by atoms with Crippen molar-refractivity contribution < 1.29 is 23.6 Å². The van der Waals surface area contributed by atoms with Gasteiger partial charge in [0.25, 0.3) is 5.91 Å². The standard InChI is InChI=1S/C25H23F2N5O3/c1-15(28-25(34)19-8-9-21(26)22(27)12-19)23-14-32(31-29-23)20(13-24(33)30-35)11-16-6-7-17-4-2-3-5-18(17)10-16/h2-10,12,14-15,20,35H,11,13H2,1H3,(H,28,34)(H,30,33)/t15-,20?/m1/s1. The minimum atomic E-state index is -1.12. The molecule has 2 amide bonds. The van der Waals surface area contributed by atoms with E-state index in [0.29, 0.717) is 12.1 Å². The zero-order chi connectivity index (χ0) is 24.9. The largest absolute Gasteiger partial charge is 0.344 e. The maximum Gasteiger partial charge on any atom is 0.251 e. The summed E-state index contributed by atoms with van der Waals surface area (Å²) in [6, 6.07) is 15.7. The summed E-state index contributed by atoms with van der Waals surface area (Å²) < 4.78 is 28.1. The van der Waals surface area contributed by atoms with E-state index in [2.05, 4.69) is 15.6 Å². The van der Waals surface area contributed by atoms with Crippen LogP contribution in [0.1, 0.15) is 47.0 Å². The van der Waals surface area contributed by atoms with Crippen LogP contribution in [0.5, 0.6) is 0 Å². The number of rotatable bonds is 8. The Morgan fingerprint density at radius 1 is 1.03 bits per heavy atom. The number of benzene rings is 3. The second kappa shape index (κ2) is 10.4. The first-order chi connectivity index (χ1) is 16.8.